The number of aromatic nitrogens is 3. The molecule has 0 spiro atoms. The van der Waals surface area contributed by atoms with Crippen LogP contribution in [0.5, 0.6) is 0 Å². The van der Waals surface area contributed by atoms with E-state index in [1.807, 2.05) is 0 Å². The number of sulfone groups is 1. The second-order valence-corrected chi connectivity index (χ2v) is 9.27. The fourth-order valence-electron chi connectivity index (χ4n) is 3.10. The summed E-state index contributed by atoms with van der Waals surface area (Å²) >= 11 is 5.77. The van der Waals surface area contributed by atoms with Gasteiger partial charge in [-0.05, 0) is 35.9 Å². The molecule has 1 amide bonds. The first-order chi connectivity index (χ1) is 15.6. The molecular formula is C21H14ClF3N4O3S. The second kappa shape index (κ2) is 8.49. The SMILES string of the molecule is O=C(NCc1ccc(S(=O)(=O)c2cccc(C(F)(F)F)c2Cl)cc1)c1cnc2[nH]ncc2c1. The average Bonchev–Trinajstić information content (AvgIpc) is 3.25. The molecule has 0 aliphatic rings. The number of fused-ring (bicyclic) bond motifs is 1. The molecule has 33 heavy (non-hydrogen) atoms. The highest BCUT2D eigenvalue weighted by atomic mass is 35.5. The van der Waals surface area contributed by atoms with Crippen LogP contribution in [-0.2, 0) is 22.6 Å². The molecule has 0 bridgehead atoms. The minimum Gasteiger partial charge on any atom is -0.348 e. The van der Waals surface area contributed by atoms with Crippen LogP contribution in [0.3, 0.4) is 0 Å². The highest BCUT2D eigenvalue weighted by molar-refractivity contribution is 7.91. The first-order valence-electron chi connectivity index (χ1n) is 9.34. The lowest BCUT2D eigenvalue weighted by atomic mass is 10.2. The Kier molecular flexibility index (Phi) is 5.85. The molecule has 0 aliphatic carbocycles. The highest BCUT2D eigenvalue weighted by Gasteiger charge is 2.36. The summed E-state index contributed by atoms with van der Waals surface area (Å²) in [5.41, 5.74) is 0.217. The summed E-state index contributed by atoms with van der Waals surface area (Å²) in [7, 11) is -4.30. The van der Waals surface area contributed by atoms with Gasteiger partial charge >= 0.3 is 6.18 Å². The Hall–Kier alpha value is -3.44. The molecule has 4 aromatic rings. The third kappa shape index (κ3) is 4.55. The topological polar surface area (TPSA) is 105 Å². The van der Waals surface area contributed by atoms with Crippen molar-refractivity contribution in [1.82, 2.24) is 20.5 Å². The van der Waals surface area contributed by atoms with E-state index in [-0.39, 0.29) is 11.4 Å². The Labute approximate surface area is 190 Å². The van der Waals surface area contributed by atoms with Crippen molar-refractivity contribution in [2.75, 3.05) is 0 Å². The van der Waals surface area contributed by atoms with Crippen molar-refractivity contribution in [1.29, 1.82) is 0 Å². The lowest BCUT2D eigenvalue weighted by molar-refractivity contribution is -0.137. The second-order valence-electron chi connectivity index (χ2n) is 6.98. The lowest BCUT2D eigenvalue weighted by Gasteiger charge is -2.13. The van der Waals surface area contributed by atoms with Crippen LogP contribution in [0.1, 0.15) is 21.5 Å². The molecule has 7 nitrogen and oxygen atoms in total. The van der Waals surface area contributed by atoms with E-state index >= 15 is 0 Å². The first kappa shape index (κ1) is 22.7. The fourth-order valence-corrected chi connectivity index (χ4v) is 4.99. The number of hydrogen-bond donors (Lipinski definition) is 2. The van der Waals surface area contributed by atoms with Crippen molar-refractivity contribution >= 4 is 38.4 Å². The Morgan fingerprint density at radius 3 is 2.52 bits per heavy atom. The van der Waals surface area contributed by atoms with Crippen LogP contribution in [0, 0.1) is 0 Å². The number of pyridine rings is 1. The Morgan fingerprint density at radius 2 is 1.82 bits per heavy atom. The summed E-state index contributed by atoms with van der Waals surface area (Å²) in [6.45, 7) is 0.0902. The van der Waals surface area contributed by atoms with Gasteiger partial charge in [0.1, 0.15) is 0 Å². The Bertz CT molecular complexity index is 1450. The summed E-state index contributed by atoms with van der Waals surface area (Å²) in [4.78, 5) is 15.6. The van der Waals surface area contributed by atoms with Crippen molar-refractivity contribution in [2.45, 2.75) is 22.5 Å². The van der Waals surface area contributed by atoms with Crippen LogP contribution >= 0.6 is 11.6 Å². The summed E-state index contributed by atoms with van der Waals surface area (Å²) in [5.74, 6) is -0.391. The molecule has 0 aliphatic heterocycles. The third-order valence-corrected chi connectivity index (χ3v) is 7.13. The zero-order valence-corrected chi connectivity index (χ0v) is 18.1. The zero-order chi connectivity index (χ0) is 23.8. The highest BCUT2D eigenvalue weighted by Crippen LogP contribution is 2.39. The molecule has 0 saturated carbocycles. The minimum absolute atomic E-state index is 0.0902. The number of carbonyl (C=O) groups is 1. The van der Waals surface area contributed by atoms with E-state index in [1.165, 1.54) is 36.7 Å². The number of hydrogen-bond acceptors (Lipinski definition) is 5. The zero-order valence-electron chi connectivity index (χ0n) is 16.5. The van der Waals surface area contributed by atoms with Gasteiger partial charge in [0.25, 0.3) is 5.91 Å². The van der Waals surface area contributed by atoms with Gasteiger partial charge in [-0.3, -0.25) is 9.89 Å². The maximum absolute atomic E-state index is 13.1. The quantitative estimate of drug-likeness (QED) is 0.428. The molecule has 4 rings (SSSR count). The number of amides is 1. The van der Waals surface area contributed by atoms with Crippen molar-refractivity contribution in [3.05, 3.63) is 82.6 Å². The number of carbonyl (C=O) groups excluding carboxylic acids is 1. The molecule has 2 N–H and O–H groups in total. The Balaban J connectivity index is 1.50. The Morgan fingerprint density at radius 1 is 1.09 bits per heavy atom. The number of nitrogens with zero attached hydrogens (tertiary/aromatic N) is 2. The molecule has 2 aromatic heterocycles. The van der Waals surface area contributed by atoms with Crippen LogP contribution < -0.4 is 5.32 Å². The molecular weight excluding hydrogens is 481 g/mol. The summed E-state index contributed by atoms with van der Waals surface area (Å²) in [6.07, 6.45) is -1.86. The van der Waals surface area contributed by atoms with Crippen molar-refractivity contribution in [2.24, 2.45) is 0 Å². The van der Waals surface area contributed by atoms with Crippen molar-refractivity contribution in [3.63, 3.8) is 0 Å². The number of halogens is 4. The largest absolute Gasteiger partial charge is 0.417 e. The molecule has 2 heterocycles. The van der Waals surface area contributed by atoms with Gasteiger partial charge in [-0.25, -0.2) is 13.4 Å². The number of H-pyrrole nitrogens is 1. The molecule has 0 radical (unpaired) electrons. The van der Waals surface area contributed by atoms with E-state index < -0.39 is 37.4 Å². The predicted molar refractivity (Wildman–Crippen MR) is 113 cm³/mol. The van der Waals surface area contributed by atoms with Gasteiger partial charge in [-0.1, -0.05) is 29.8 Å². The van der Waals surface area contributed by atoms with Crippen LogP contribution in [0.2, 0.25) is 5.02 Å². The molecule has 2 aromatic carbocycles. The first-order valence-corrected chi connectivity index (χ1v) is 11.2. The maximum atomic E-state index is 13.1. The van der Waals surface area contributed by atoms with Gasteiger partial charge in [0, 0.05) is 18.1 Å². The number of aromatic amines is 1. The minimum atomic E-state index is -4.79. The fraction of sp³-hybridized carbons (Fsp3) is 0.0952. The van der Waals surface area contributed by atoms with Crippen LogP contribution in [0.4, 0.5) is 13.2 Å². The van der Waals surface area contributed by atoms with Gasteiger partial charge < -0.3 is 5.32 Å². The van der Waals surface area contributed by atoms with Gasteiger partial charge in [0.15, 0.2) is 5.65 Å². The standard InChI is InChI=1S/C21H14ClF3N4O3S/c22-18-16(21(23,24)25)2-1-3-17(18)33(31,32)15-6-4-12(5-7-15)9-27-20(30)14-8-13-11-28-29-19(13)26-10-14/h1-8,10-11H,9H2,(H,27,30)(H,26,28,29). The van der Waals surface area contributed by atoms with E-state index in [0.29, 0.717) is 28.2 Å². The number of rotatable bonds is 5. The van der Waals surface area contributed by atoms with E-state index in [2.05, 4.69) is 20.5 Å². The summed E-state index contributed by atoms with van der Waals surface area (Å²) < 4.78 is 64.9. The van der Waals surface area contributed by atoms with Gasteiger partial charge in [-0.15, -0.1) is 0 Å². The van der Waals surface area contributed by atoms with Gasteiger partial charge in [0.05, 0.1) is 32.1 Å². The number of benzene rings is 2. The lowest BCUT2D eigenvalue weighted by Crippen LogP contribution is -2.22. The summed E-state index contributed by atoms with van der Waals surface area (Å²) in [5, 5.41) is 8.99. The van der Waals surface area contributed by atoms with E-state index in [1.54, 1.807) is 6.07 Å². The molecule has 0 atom stereocenters. The normalized spacial score (nSPS) is 12.1. The number of nitrogens with one attached hydrogen (secondary N) is 2. The third-order valence-electron chi connectivity index (χ3n) is 4.80. The predicted octanol–water partition coefficient (Wildman–Crippen LogP) is 4.39. The maximum Gasteiger partial charge on any atom is 0.417 e. The number of alkyl halides is 3. The molecule has 12 heteroatoms. The molecule has 0 fully saturated rings. The van der Waals surface area contributed by atoms with E-state index in [9.17, 15) is 26.4 Å². The molecule has 0 saturated heterocycles. The van der Waals surface area contributed by atoms with Crippen LogP contribution in [-0.4, -0.2) is 29.5 Å². The smallest absolute Gasteiger partial charge is 0.348 e. The van der Waals surface area contributed by atoms with Gasteiger partial charge in [0.2, 0.25) is 9.84 Å². The van der Waals surface area contributed by atoms with Crippen molar-refractivity contribution in [3.8, 4) is 0 Å². The summed E-state index contributed by atoms with van der Waals surface area (Å²) in [6, 6.07) is 9.73. The molecule has 0 unspecified atom stereocenters. The van der Waals surface area contributed by atoms with Gasteiger partial charge in [-0.2, -0.15) is 18.3 Å². The monoisotopic (exact) mass is 494 g/mol. The molecule has 170 valence electrons. The van der Waals surface area contributed by atoms with E-state index in [4.69, 9.17) is 11.6 Å². The van der Waals surface area contributed by atoms with Crippen LogP contribution in [0.25, 0.3) is 11.0 Å². The van der Waals surface area contributed by atoms with Crippen LogP contribution in [0.15, 0.2) is 70.7 Å². The van der Waals surface area contributed by atoms with Crippen molar-refractivity contribution < 1.29 is 26.4 Å². The average molecular weight is 495 g/mol. The van der Waals surface area contributed by atoms with E-state index in [0.717, 1.165) is 12.1 Å².